The molecular formula is C12H16OS. The van der Waals surface area contributed by atoms with Crippen molar-refractivity contribution in [2.45, 2.75) is 26.2 Å². The molecule has 0 aliphatic carbocycles. The third-order valence-corrected chi connectivity index (χ3v) is 3.34. The lowest BCUT2D eigenvalue weighted by atomic mass is 9.86. The molecule has 0 spiro atoms. The number of rotatable bonds is 3. The molecule has 1 rings (SSSR count). The summed E-state index contributed by atoms with van der Waals surface area (Å²) in [4.78, 5) is 11.8. The van der Waals surface area contributed by atoms with E-state index in [1.807, 2.05) is 51.1 Å². The maximum atomic E-state index is 11.8. The average molecular weight is 208 g/mol. The van der Waals surface area contributed by atoms with E-state index in [0.717, 1.165) is 11.3 Å². The van der Waals surface area contributed by atoms with Crippen LogP contribution in [0.3, 0.4) is 0 Å². The zero-order chi connectivity index (χ0) is 10.6. The topological polar surface area (TPSA) is 17.1 Å². The monoisotopic (exact) mass is 208 g/mol. The van der Waals surface area contributed by atoms with Crippen molar-refractivity contribution in [2.75, 3.05) is 5.75 Å². The minimum atomic E-state index is -0.373. The van der Waals surface area contributed by atoms with Crippen molar-refractivity contribution in [3.63, 3.8) is 0 Å². The molecule has 0 saturated heterocycles. The maximum absolute atomic E-state index is 11.8. The van der Waals surface area contributed by atoms with Gasteiger partial charge in [0, 0.05) is 0 Å². The molecule has 0 bridgehead atoms. The van der Waals surface area contributed by atoms with Gasteiger partial charge in [-0.2, -0.15) is 0 Å². The van der Waals surface area contributed by atoms with Crippen molar-refractivity contribution in [2.24, 2.45) is 0 Å². The highest BCUT2D eigenvalue weighted by Gasteiger charge is 2.28. The van der Waals surface area contributed by atoms with Crippen LogP contribution in [0.2, 0.25) is 0 Å². The SMILES string of the molecule is CCSC(=O)C(C)(C)c1ccccc1. The Kier molecular flexibility index (Phi) is 3.76. The summed E-state index contributed by atoms with van der Waals surface area (Å²) in [6.45, 7) is 5.96. The van der Waals surface area contributed by atoms with Crippen molar-refractivity contribution in [3.8, 4) is 0 Å². The van der Waals surface area contributed by atoms with Crippen molar-refractivity contribution >= 4 is 16.9 Å². The molecule has 0 aromatic heterocycles. The maximum Gasteiger partial charge on any atom is 0.198 e. The Balaban J connectivity index is 2.90. The molecule has 0 fully saturated rings. The van der Waals surface area contributed by atoms with Gasteiger partial charge in [0.1, 0.15) is 0 Å². The Morgan fingerprint density at radius 3 is 2.36 bits per heavy atom. The summed E-state index contributed by atoms with van der Waals surface area (Å²) in [7, 11) is 0. The molecular weight excluding hydrogens is 192 g/mol. The molecule has 1 aromatic carbocycles. The molecule has 1 aromatic rings. The normalized spacial score (nSPS) is 11.4. The molecule has 0 aliphatic rings. The molecule has 0 saturated carbocycles. The molecule has 14 heavy (non-hydrogen) atoms. The molecule has 0 aliphatic heterocycles. The van der Waals surface area contributed by atoms with Crippen molar-refractivity contribution < 1.29 is 4.79 Å². The van der Waals surface area contributed by atoms with Crippen LogP contribution >= 0.6 is 11.8 Å². The summed E-state index contributed by atoms with van der Waals surface area (Å²) >= 11 is 1.39. The van der Waals surface area contributed by atoms with E-state index < -0.39 is 0 Å². The molecule has 0 heterocycles. The van der Waals surface area contributed by atoms with Crippen LogP contribution in [0, 0.1) is 0 Å². The van der Waals surface area contributed by atoms with E-state index in [0.29, 0.717) is 0 Å². The van der Waals surface area contributed by atoms with E-state index in [2.05, 4.69) is 0 Å². The first-order chi connectivity index (χ1) is 6.59. The molecule has 0 N–H and O–H groups in total. The summed E-state index contributed by atoms with van der Waals surface area (Å²) in [6, 6.07) is 9.93. The van der Waals surface area contributed by atoms with Crippen molar-refractivity contribution in [1.29, 1.82) is 0 Å². The number of hydrogen-bond acceptors (Lipinski definition) is 2. The van der Waals surface area contributed by atoms with E-state index in [1.165, 1.54) is 11.8 Å². The zero-order valence-electron chi connectivity index (χ0n) is 8.91. The molecule has 0 unspecified atom stereocenters. The van der Waals surface area contributed by atoms with Gasteiger partial charge in [-0.15, -0.1) is 0 Å². The molecule has 0 radical (unpaired) electrons. The smallest absolute Gasteiger partial charge is 0.198 e. The van der Waals surface area contributed by atoms with Gasteiger partial charge in [-0.25, -0.2) is 0 Å². The highest BCUT2D eigenvalue weighted by molar-refractivity contribution is 8.13. The third-order valence-electron chi connectivity index (χ3n) is 2.28. The number of carbonyl (C=O) groups excluding carboxylic acids is 1. The van der Waals surface area contributed by atoms with Crippen LogP contribution in [-0.2, 0) is 10.2 Å². The highest BCUT2D eigenvalue weighted by Crippen LogP contribution is 2.28. The van der Waals surface area contributed by atoms with Gasteiger partial charge in [-0.3, -0.25) is 4.79 Å². The second kappa shape index (κ2) is 4.65. The molecule has 1 nitrogen and oxygen atoms in total. The van der Waals surface area contributed by atoms with Gasteiger partial charge >= 0.3 is 0 Å². The summed E-state index contributed by atoms with van der Waals surface area (Å²) in [6.07, 6.45) is 0. The minimum Gasteiger partial charge on any atom is -0.286 e. The standard InChI is InChI=1S/C12H16OS/c1-4-14-11(13)12(2,3)10-8-6-5-7-9-10/h5-9H,4H2,1-3H3. The Bertz CT molecular complexity index is 303. The van der Waals surface area contributed by atoms with Crippen LogP contribution in [0.5, 0.6) is 0 Å². The van der Waals surface area contributed by atoms with Crippen LogP contribution in [0.25, 0.3) is 0 Å². The van der Waals surface area contributed by atoms with E-state index in [9.17, 15) is 4.79 Å². The third kappa shape index (κ3) is 2.38. The van der Waals surface area contributed by atoms with Crippen LogP contribution in [0.15, 0.2) is 30.3 Å². The predicted octanol–water partition coefficient (Wildman–Crippen LogP) is 3.24. The Morgan fingerprint density at radius 1 is 1.29 bits per heavy atom. The van der Waals surface area contributed by atoms with Gasteiger partial charge in [-0.1, -0.05) is 49.0 Å². The van der Waals surface area contributed by atoms with Crippen LogP contribution in [0.1, 0.15) is 26.3 Å². The van der Waals surface area contributed by atoms with Crippen LogP contribution < -0.4 is 0 Å². The fourth-order valence-corrected chi connectivity index (χ4v) is 2.03. The summed E-state index contributed by atoms with van der Waals surface area (Å²) in [5.74, 6) is 0.842. The van der Waals surface area contributed by atoms with E-state index in [1.54, 1.807) is 0 Å². The van der Waals surface area contributed by atoms with E-state index in [4.69, 9.17) is 0 Å². The fraction of sp³-hybridized carbons (Fsp3) is 0.417. The summed E-state index contributed by atoms with van der Waals surface area (Å²) < 4.78 is 0. The molecule has 0 atom stereocenters. The van der Waals surface area contributed by atoms with Crippen LogP contribution in [-0.4, -0.2) is 10.9 Å². The van der Waals surface area contributed by atoms with Crippen LogP contribution in [0.4, 0.5) is 0 Å². The first-order valence-electron chi connectivity index (χ1n) is 4.81. The fourth-order valence-electron chi connectivity index (χ4n) is 1.28. The van der Waals surface area contributed by atoms with Gasteiger partial charge in [-0.05, 0) is 25.2 Å². The zero-order valence-corrected chi connectivity index (χ0v) is 9.73. The van der Waals surface area contributed by atoms with Crippen molar-refractivity contribution in [3.05, 3.63) is 35.9 Å². The Labute approximate surface area is 89.9 Å². The van der Waals surface area contributed by atoms with Crippen molar-refractivity contribution in [1.82, 2.24) is 0 Å². The predicted molar refractivity (Wildman–Crippen MR) is 62.6 cm³/mol. The number of hydrogen-bond donors (Lipinski definition) is 0. The Hall–Kier alpha value is -0.760. The van der Waals surface area contributed by atoms with E-state index in [-0.39, 0.29) is 10.5 Å². The number of benzene rings is 1. The lowest BCUT2D eigenvalue weighted by Gasteiger charge is -2.22. The lowest BCUT2D eigenvalue weighted by molar-refractivity contribution is -0.114. The largest absolute Gasteiger partial charge is 0.286 e. The first kappa shape index (κ1) is 11.3. The molecule has 2 heteroatoms. The quantitative estimate of drug-likeness (QED) is 0.758. The van der Waals surface area contributed by atoms with Gasteiger partial charge < -0.3 is 0 Å². The second-order valence-corrected chi connectivity index (χ2v) is 4.95. The number of thioether (sulfide) groups is 1. The lowest BCUT2D eigenvalue weighted by Crippen LogP contribution is -2.26. The average Bonchev–Trinajstić information content (AvgIpc) is 2.19. The first-order valence-corrected chi connectivity index (χ1v) is 5.80. The van der Waals surface area contributed by atoms with Gasteiger partial charge in [0.25, 0.3) is 0 Å². The molecule has 76 valence electrons. The van der Waals surface area contributed by atoms with Gasteiger partial charge in [0.15, 0.2) is 5.12 Å². The minimum absolute atomic E-state index is 0.242. The summed E-state index contributed by atoms with van der Waals surface area (Å²) in [5, 5.41) is 0.242. The summed E-state index contributed by atoms with van der Waals surface area (Å²) in [5.41, 5.74) is 0.716. The second-order valence-electron chi connectivity index (χ2n) is 3.71. The van der Waals surface area contributed by atoms with Gasteiger partial charge in [0.2, 0.25) is 0 Å². The number of carbonyl (C=O) groups is 1. The molecule has 0 amide bonds. The van der Waals surface area contributed by atoms with Gasteiger partial charge in [0.05, 0.1) is 5.41 Å². The Morgan fingerprint density at radius 2 is 1.86 bits per heavy atom. The highest BCUT2D eigenvalue weighted by atomic mass is 32.2. The van der Waals surface area contributed by atoms with E-state index >= 15 is 0 Å².